The number of nitrogens with zero attached hydrogens (tertiary/aromatic N) is 4. The van der Waals surface area contributed by atoms with Crippen LogP contribution < -0.4 is 10.2 Å². The van der Waals surface area contributed by atoms with E-state index in [1.165, 1.54) is 0 Å². The standard InChI is InChI=1S/C7H11N5O2/c1-3-14-7-11-5(2)10-6(12-7)8-4-9-13/h4,13H,3H2,1-2H3,(H,8,9,10,11,12). The fourth-order valence-corrected chi connectivity index (χ4v) is 0.782. The molecule has 7 heteroatoms. The van der Waals surface area contributed by atoms with Crippen LogP contribution in [-0.4, -0.2) is 33.1 Å². The number of ether oxygens (including phenoxy) is 1. The van der Waals surface area contributed by atoms with Crippen molar-refractivity contribution in [3.63, 3.8) is 0 Å². The predicted molar refractivity (Wildman–Crippen MR) is 48.8 cm³/mol. The number of hydroxylamine groups is 1. The maximum Gasteiger partial charge on any atom is 0.321 e. The summed E-state index contributed by atoms with van der Waals surface area (Å²) in [6, 6.07) is 0.227. The molecule has 7 nitrogen and oxygen atoms in total. The molecule has 1 aromatic heterocycles. The summed E-state index contributed by atoms with van der Waals surface area (Å²) in [5.74, 6) is 0.691. The maximum atomic E-state index is 8.27. The molecule has 0 unspecified atom stereocenters. The predicted octanol–water partition coefficient (Wildman–Crippen LogP) is 0.217. The molecule has 0 amide bonds. The molecule has 0 saturated heterocycles. The molecule has 0 radical (unpaired) electrons. The number of hydrogen-bond acceptors (Lipinski definition) is 6. The Hall–Kier alpha value is -1.76. The minimum Gasteiger partial charge on any atom is -0.464 e. The molecule has 1 heterocycles. The number of rotatable bonds is 4. The third-order valence-corrected chi connectivity index (χ3v) is 1.23. The maximum absolute atomic E-state index is 8.27. The third-order valence-electron chi connectivity index (χ3n) is 1.23. The molecule has 0 aliphatic carbocycles. The van der Waals surface area contributed by atoms with Gasteiger partial charge in [0.1, 0.15) is 12.2 Å². The second kappa shape index (κ2) is 5.07. The van der Waals surface area contributed by atoms with Crippen LogP contribution in [0.15, 0.2) is 4.99 Å². The molecule has 0 saturated carbocycles. The fraction of sp³-hybridized carbons (Fsp3) is 0.429. The number of aliphatic imine (C=N–C) groups is 1. The first-order valence-electron chi connectivity index (χ1n) is 4.04. The van der Waals surface area contributed by atoms with Crippen LogP contribution in [0.25, 0.3) is 0 Å². The molecule has 0 spiro atoms. The highest BCUT2D eigenvalue weighted by Crippen LogP contribution is 2.08. The lowest BCUT2D eigenvalue weighted by molar-refractivity contribution is 0.240. The van der Waals surface area contributed by atoms with Crippen LogP contribution in [0.2, 0.25) is 0 Å². The van der Waals surface area contributed by atoms with E-state index < -0.39 is 0 Å². The molecule has 0 bridgehead atoms. The van der Waals surface area contributed by atoms with Gasteiger partial charge >= 0.3 is 6.01 Å². The Bertz CT molecular complexity index is 328. The number of nitrogens with one attached hydrogen (secondary N) is 1. The summed E-state index contributed by atoms with van der Waals surface area (Å²) < 4.78 is 5.09. The number of aryl methyl sites for hydroxylation is 1. The second-order valence-corrected chi connectivity index (χ2v) is 2.29. The molecule has 2 N–H and O–H groups in total. The van der Waals surface area contributed by atoms with Gasteiger partial charge in [-0.25, -0.2) is 0 Å². The molecule has 14 heavy (non-hydrogen) atoms. The lowest BCUT2D eigenvalue weighted by Gasteiger charge is -2.01. The largest absolute Gasteiger partial charge is 0.464 e. The summed E-state index contributed by atoms with van der Waals surface area (Å²) >= 11 is 0. The van der Waals surface area contributed by atoms with Crippen molar-refractivity contribution in [3.8, 4) is 6.01 Å². The van der Waals surface area contributed by atoms with E-state index in [-0.39, 0.29) is 12.0 Å². The third kappa shape index (κ3) is 2.94. The zero-order valence-corrected chi connectivity index (χ0v) is 7.93. The van der Waals surface area contributed by atoms with Gasteiger partial charge in [-0.15, -0.1) is 0 Å². The van der Waals surface area contributed by atoms with Gasteiger partial charge < -0.3 is 4.74 Å². The van der Waals surface area contributed by atoms with E-state index in [0.717, 1.165) is 6.34 Å². The van der Waals surface area contributed by atoms with E-state index in [2.05, 4.69) is 19.9 Å². The summed E-state index contributed by atoms with van der Waals surface area (Å²) in [4.78, 5) is 15.4. The molecular weight excluding hydrogens is 186 g/mol. The van der Waals surface area contributed by atoms with Crippen molar-refractivity contribution in [2.24, 2.45) is 4.99 Å². The summed E-state index contributed by atoms with van der Waals surface area (Å²) in [5.41, 5.74) is 1.75. The molecule has 0 aliphatic rings. The van der Waals surface area contributed by atoms with E-state index in [0.29, 0.717) is 12.4 Å². The van der Waals surface area contributed by atoms with Crippen LogP contribution in [-0.2, 0) is 0 Å². The second-order valence-electron chi connectivity index (χ2n) is 2.29. The van der Waals surface area contributed by atoms with Gasteiger partial charge in [-0.1, -0.05) is 0 Å². The zero-order valence-electron chi connectivity index (χ0n) is 7.93. The van der Waals surface area contributed by atoms with E-state index in [4.69, 9.17) is 9.94 Å². The van der Waals surface area contributed by atoms with Crippen LogP contribution >= 0.6 is 0 Å². The highest BCUT2D eigenvalue weighted by Gasteiger charge is 2.01. The van der Waals surface area contributed by atoms with Crippen molar-refractivity contribution in [2.45, 2.75) is 13.8 Å². The van der Waals surface area contributed by atoms with Gasteiger partial charge in [0.05, 0.1) is 6.61 Å². The lowest BCUT2D eigenvalue weighted by Crippen LogP contribution is -2.03. The van der Waals surface area contributed by atoms with Gasteiger partial charge in [0.15, 0.2) is 0 Å². The quantitative estimate of drug-likeness (QED) is 0.407. The Balaban J connectivity index is 2.89. The zero-order chi connectivity index (χ0) is 10.4. The van der Waals surface area contributed by atoms with Crippen molar-refractivity contribution >= 4 is 12.3 Å². The smallest absolute Gasteiger partial charge is 0.321 e. The van der Waals surface area contributed by atoms with E-state index >= 15 is 0 Å². The first-order chi connectivity index (χ1) is 6.76. The van der Waals surface area contributed by atoms with E-state index in [9.17, 15) is 0 Å². The minimum atomic E-state index is 0.183. The normalized spacial score (nSPS) is 10.5. The molecule has 0 fully saturated rings. The Labute approximate surface area is 80.9 Å². The van der Waals surface area contributed by atoms with E-state index in [1.54, 1.807) is 12.4 Å². The lowest BCUT2D eigenvalue weighted by atomic mass is 10.7. The SMILES string of the molecule is CCOc1nc(C)nc(/N=C/NO)n1. The minimum absolute atomic E-state index is 0.183. The Morgan fingerprint density at radius 2 is 2.29 bits per heavy atom. The molecule has 0 atom stereocenters. The topological polar surface area (TPSA) is 92.5 Å². The highest BCUT2D eigenvalue weighted by molar-refractivity contribution is 5.56. The fourth-order valence-electron chi connectivity index (χ4n) is 0.782. The summed E-state index contributed by atoms with van der Waals surface area (Å²) in [7, 11) is 0. The van der Waals surface area contributed by atoms with Crippen LogP contribution in [0.4, 0.5) is 5.95 Å². The molecular formula is C7H11N5O2. The van der Waals surface area contributed by atoms with Crippen molar-refractivity contribution in [2.75, 3.05) is 6.61 Å². The first-order valence-corrected chi connectivity index (χ1v) is 4.04. The Morgan fingerprint density at radius 1 is 1.50 bits per heavy atom. The van der Waals surface area contributed by atoms with Crippen LogP contribution in [0.5, 0.6) is 6.01 Å². The van der Waals surface area contributed by atoms with Crippen LogP contribution in [0, 0.1) is 6.92 Å². The summed E-state index contributed by atoms with van der Waals surface area (Å²) in [6.45, 7) is 4.01. The van der Waals surface area contributed by atoms with Gasteiger partial charge in [0.25, 0.3) is 5.95 Å². The van der Waals surface area contributed by atoms with Crippen LogP contribution in [0.3, 0.4) is 0 Å². The van der Waals surface area contributed by atoms with Gasteiger partial charge in [0.2, 0.25) is 0 Å². The van der Waals surface area contributed by atoms with Crippen molar-refractivity contribution in [3.05, 3.63) is 5.82 Å². The van der Waals surface area contributed by atoms with E-state index in [1.807, 2.05) is 6.92 Å². The van der Waals surface area contributed by atoms with Crippen molar-refractivity contribution < 1.29 is 9.94 Å². The summed E-state index contributed by atoms with van der Waals surface area (Å²) in [5, 5.41) is 8.27. The molecule has 0 aromatic carbocycles. The molecule has 76 valence electrons. The van der Waals surface area contributed by atoms with Crippen molar-refractivity contribution in [1.29, 1.82) is 0 Å². The number of hydrogen-bond donors (Lipinski definition) is 2. The molecule has 0 aliphatic heterocycles. The molecule has 1 rings (SSSR count). The Kier molecular flexibility index (Phi) is 3.74. The van der Waals surface area contributed by atoms with Gasteiger partial charge in [-0.3, -0.25) is 10.7 Å². The average Bonchev–Trinajstić information content (AvgIpc) is 2.14. The van der Waals surface area contributed by atoms with Gasteiger partial charge in [0, 0.05) is 0 Å². The molecule has 1 aromatic rings. The van der Waals surface area contributed by atoms with Crippen molar-refractivity contribution in [1.82, 2.24) is 20.4 Å². The van der Waals surface area contributed by atoms with Gasteiger partial charge in [-0.05, 0) is 13.8 Å². The summed E-state index contributed by atoms with van der Waals surface area (Å²) in [6.07, 6.45) is 1.06. The first kappa shape index (κ1) is 10.3. The van der Waals surface area contributed by atoms with Crippen LogP contribution in [0.1, 0.15) is 12.7 Å². The average molecular weight is 197 g/mol. The van der Waals surface area contributed by atoms with Gasteiger partial charge in [-0.2, -0.15) is 19.9 Å². The highest BCUT2D eigenvalue weighted by atomic mass is 16.5. The monoisotopic (exact) mass is 197 g/mol. The Morgan fingerprint density at radius 3 is 2.93 bits per heavy atom. The number of aromatic nitrogens is 3.